The molecule has 2 nitrogen and oxygen atoms in total. The van der Waals surface area contributed by atoms with E-state index in [9.17, 15) is 4.79 Å². The Morgan fingerprint density at radius 1 is 0.609 bits per heavy atom. The minimum atomic E-state index is 0.665. The van der Waals surface area contributed by atoms with Crippen LogP contribution < -0.4 is 0 Å². The van der Waals surface area contributed by atoms with Crippen molar-refractivity contribution < 1.29 is 4.79 Å². The van der Waals surface area contributed by atoms with Gasteiger partial charge in [-0.1, -0.05) is 96.0 Å². The van der Waals surface area contributed by atoms with E-state index in [-0.39, 0.29) is 0 Å². The largest absolute Gasteiger partial charge is 0.234 e. The van der Waals surface area contributed by atoms with Crippen molar-refractivity contribution in [3.05, 3.63) is 12.7 Å². The molecular formula is C21H39NO. The van der Waals surface area contributed by atoms with Gasteiger partial charge in [-0.25, -0.2) is 9.79 Å². The Hall–Kier alpha value is -0.880. The lowest BCUT2D eigenvalue weighted by molar-refractivity contribution is 0.528. The first-order valence-electron chi connectivity index (χ1n) is 10.1. The van der Waals surface area contributed by atoms with Gasteiger partial charge in [0.15, 0.2) is 0 Å². The summed E-state index contributed by atoms with van der Waals surface area (Å²) in [5.41, 5.74) is 0. The molecule has 0 aliphatic rings. The Morgan fingerprint density at radius 3 is 1.30 bits per heavy atom. The standard InChI is InChI=1S/C21H39NO/c1-2-3-4-5-6-7-8-9-10-11-12-13-14-15-16-17-18-19-20-22-21-23/h2H,1,3-20H2. The summed E-state index contributed by atoms with van der Waals surface area (Å²) in [4.78, 5) is 13.5. The molecule has 0 aliphatic carbocycles. The molecule has 0 saturated carbocycles. The number of isocyanates is 1. The molecule has 0 unspecified atom stereocenters. The van der Waals surface area contributed by atoms with Crippen LogP contribution in [0.2, 0.25) is 0 Å². The van der Waals surface area contributed by atoms with Gasteiger partial charge in [0.2, 0.25) is 6.08 Å². The smallest absolute Gasteiger partial charge is 0.211 e. The van der Waals surface area contributed by atoms with Gasteiger partial charge in [0.25, 0.3) is 0 Å². The lowest BCUT2D eigenvalue weighted by Gasteiger charge is -2.03. The van der Waals surface area contributed by atoms with Gasteiger partial charge in [0.1, 0.15) is 0 Å². The lowest BCUT2D eigenvalue weighted by atomic mass is 10.0. The molecule has 0 saturated heterocycles. The summed E-state index contributed by atoms with van der Waals surface area (Å²) in [5, 5.41) is 0. The van der Waals surface area contributed by atoms with Gasteiger partial charge < -0.3 is 0 Å². The van der Waals surface area contributed by atoms with Crippen LogP contribution in [0.5, 0.6) is 0 Å². The summed E-state index contributed by atoms with van der Waals surface area (Å²) < 4.78 is 0. The number of nitrogens with zero attached hydrogens (tertiary/aromatic N) is 1. The number of rotatable bonds is 19. The lowest BCUT2D eigenvalue weighted by Crippen LogP contribution is -1.84. The Kier molecular flexibility index (Phi) is 20.3. The maximum atomic E-state index is 9.89. The fourth-order valence-electron chi connectivity index (χ4n) is 3.00. The molecule has 0 aromatic rings. The Morgan fingerprint density at radius 2 is 0.957 bits per heavy atom. The average Bonchev–Trinajstić information content (AvgIpc) is 2.57. The summed E-state index contributed by atoms with van der Waals surface area (Å²) >= 11 is 0. The Labute approximate surface area is 144 Å². The molecule has 0 aromatic heterocycles. The molecule has 0 heterocycles. The minimum absolute atomic E-state index is 0.665. The summed E-state index contributed by atoms with van der Waals surface area (Å²) in [6.45, 7) is 4.43. The van der Waals surface area contributed by atoms with Crippen molar-refractivity contribution in [1.82, 2.24) is 0 Å². The highest BCUT2D eigenvalue weighted by atomic mass is 16.1. The predicted molar refractivity (Wildman–Crippen MR) is 102 cm³/mol. The van der Waals surface area contributed by atoms with Crippen molar-refractivity contribution in [2.75, 3.05) is 6.54 Å². The van der Waals surface area contributed by atoms with E-state index in [4.69, 9.17) is 0 Å². The van der Waals surface area contributed by atoms with Gasteiger partial charge in [-0.15, -0.1) is 6.58 Å². The number of hydrogen-bond acceptors (Lipinski definition) is 2. The second kappa shape index (κ2) is 21.1. The maximum Gasteiger partial charge on any atom is 0.234 e. The molecule has 0 aromatic carbocycles. The van der Waals surface area contributed by atoms with E-state index >= 15 is 0 Å². The zero-order chi connectivity index (χ0) is 16.8. The fraction of sp³-hybridized carbons (Fsp3) is 0.857. The quantitative estimate of drug-likeness (QED) is 0.108. The van der Waals surface area contributed by atoms with E-state index in [2.05, 4.69) is 11.6 Å². The third-order valence-electron chi connectivity index (χ3n) is 4.49. The first-order valence-corrected chi connectivity index (χ1v) is 10.1. The van der Waals surface area contributed by atoms with Gasteiger partial charge in [-0.3, -0.25) is 0 Å². The second-order valence-corrected chi connectivity index (χ2v) is 6.71. The van der Waals surface area contributed by atoms with Crippen LogP contribution in [-0.4, -0.2) is 12.6 Å². The highest BCUT2D eigenvalue weighted by molar-refractivity contribution is 5.32. The molecule has 0 bridgehead atoms. The van der Waals surface area contributed by atoms with E-state index in [1.54, 1.807) is 6.08 Å². The summed E-state index contributed by atoms with van der Waals surface area (Å²) in [6.07, 6.45) is 26.6. The van der Waals surface area contributed by atoms with Crippen LogP contribution in [0.1, 0.15) is 109 Å². The minimum Gasteiger partial charge on any atom is -0.211 e. The van der Waals surface area contributed by atoms with Gasteiger partial charge in [0, 0.05) is 0 Å². The Bertz CT molecular complexity index is 282. The van der Waals surface area contributed by atoms with Gasteiger partial charge >= 0.3 is 0 Å². The van der Waals surface area contributed by atoms with Crippen molar-refractivity contribution in [3.63, 3.8) is 0 Å². The normalized spacial score (nSPS) is 10.4. The van der Waals surface area contributed by atoms with Gasteiger partial charge in [0.05, 0.1) is 6.54 Å². The average molecular weight is 322 g/mol. The number of aliphatic imine (C=N–C) groups is 1. The third-order valence-corrected chi connectivity index (χ3v) is 4.49. The molecule has 23 heavy (non-hydrogen) atoms. The molecule has 0 spiro atoms. The first-order chi connectivity index (χ1) is 11.4. The van der Waals surface area contributed by atoms with Crippen LogP contribution >= 0.6 is 0 Å². The van der Waals surface area contributed by atoms with Crippen molar-refractivity contribution >= 4 is 6.08 Å². The topological polar surface area (TPSA) is 29.4 Å². The number of carbonyl (C=O) groups excluding carboxylic acids is 1. The molecule has 0 atom stereocenters. The van der Waals surface area contributed by atoms with Crippen molar-refractivity contribution in [2.24, 2.45) is 4.99 Å². The molecular weight excluding hydrogens is 282 g/mol. The van der Waals surface area contributed by atoms with Gasteiger partial charge in [-0.05, 0) is 19.3 Å². The van der Waals surface area contributed by atoms with E-state index in [0.717, 1.165) is 6.42 Å². The van der Waals surface area contributed by atoms with Crippen LogP contribution in [0, 0.1) is 0 Å². The van der Waals surface area contributed by atoms with Crippen LogP contribution in [0.4, 0.5) is 0 Å². The van der Waals surface area contributed by atoms with Gasteiger partial charge in [-0.2, -0.15) is 0 Å². The Balaban J connectivity index is 2.97. The highest BCUT2D eigenvalue weighted by Crippen LogP contribution is 2.14. The van der Waals surface area contributed by atoms with Crippen molar-refractivity contribution in [1.29, 1.82) is 0 Å². The van der Waals surface area contributed by atoms with E-state index in [1.165, 1.54) is 103 Å². The molecule has 0 amide bonds. The SMILES string of the molecule is C=CCCCCCCCCCCCCCCCCCCN=C=O. The molecule has 0 radical (unpaired) electrons. The first kappa shape index (κ1) is 22.1. The zero-order valence-electron chi connectivity index (χ0n) is 15.4. The predicted octanol–water partition coefficient (Wildman–Crippen LogP) is 7.14. The van der Waals surface area contributed by atoms with Crippen LogP contribution in [0.3, 0.4) is 0 Å². The monoisotopic (exact) mass is 321 g/mol. The van der Waals surface area contributed by atoms with Crippen molar-refractivity contribution in [3.8, 4) is 0 Å². The van der Waals surface area contributed by atoms with E-state index in [0.29, 0.717) is 6.54 Å². The fourth-order valence-corrected chi connectivity index (χ4v) is 3.00. The molecule has 0 aliphatic heterocycles. The summed E-state index contributed by atoms with van der Waals surface area (Å²) in [5.74, 6) is 0. The van der Waals surface area contributed by atoms with Crippen LogP contribution in [0.25, 0.3) is 0 Å². The third kappa shape index (κ3) is 21.1. The zero-order valence-corrected chi connectivity index (χ0v) is 15.4. The molecule has 0 fully saturated rings. The second-order valence-electron chi connectivity index (χ2n) is 6.71. The van der Waals surface area contributed by atoms with Crippen molar-refractivity contribution in [2.45, 2.75) is 109 Å². The van der Waals surface area contributed by atoms with E-state index in [1.807, 2.05) is 6.08 Å². The number of unbranched alkanes of at least 4 members (excludes halogenated alkanes) is 16. The highest BCUT2D eigenvalue weighted by Gasteiger charge is 1.94. The summed E-state index contributed by atoms with van der Waals surface area (Å²) in [6, 6.07) is 0. The summed E-state index contributed by atoms with van der Waals surface area (Å²) in [7, 11) is 0. The molecule has 0 rings (SSSR count). The molecule has 0 N–H and O–H groups in total. The van der Waals surface area contributed by atoms with Crippen LogP contribution in [-0.2, 0) is 4.79 Å². The maximum absolute atomic E-state index is 9.89. The van der Waals surface area contributed by atoms with Crippen LogP contribution in [0.15, 0.2) is 17.6 Å². The number of hydrogen-bond donors (Lipinski definition) is 0. The molecule has 2 heteroatoms. The molecule has 134 valence electrons. The van der Waals surface area contributed by atoms with E-state index < -0.39 is 0 Å². The number of allylic oxidation sites excluding steroid dienone is 1.